The standard InChI is InChI=1S/C19H31N5O2/c1-14-7-11-23(12-8-14)19(26)16-15-6-4-5-10-24(15)17(21-16)18(25)20-9-13-22(2)3/h14H,4-13H2,1-3H3,(H,20,25). The van der Waals surface area contributed by atoms with Crippen LogP contribution in [0.1, 0.15) is 59.4 Å². The fraction of sp³-hybridized carbons (Fsp3) is 0.737. The summed E-state index contributed by atoms with van der Waals surface area (Å²) in [5.41, 5.74) is 1.44. The Hall–Kier alpha value is -1.89. The van der Waals surface area contributed by atoms with Crippen molar-refractivity contribution in [2.45, 2.75) is 45.6 Å². The molecule has 3 heterocycles. The van der Waals surface area contributed by atoms with Gasteiger partial charge in [0.05, 0.1) is 5.69 Å². The monoisotopic (exact) mass is 361 g/mol. The van der Waals surface area contributed by atoms with Crippen LogP contribution in [0.15, 0.2) is 0 Å². The molecular formula is C19H31N5O2. The number of likely N-dealkylation sites (N-methyl/N-ethyl adjacent to an activating group) is 1. The molecule has 1 N–H and O–H groups in total. The third-order valence-electron chi connectivity index (χ3n) is 5.44. The Bertz CT molecular complexity index is 659. The van der Waals surface area contributed by atoms with E-state index in [9.17, 15) is 9.59 Å². The van der Waals surface area contributed by atoms with Crippen LogP contribution in [0, 0.1) is 5.92 Å². The van der Waals surface area contributed by atoms with Crippen molar-refractivity contribution in [3.63, 3.8) is 0 Å². The molecule has 0 radical (unpaired) electrons. The second-order valence-corrected chi connectivity index (χ2v) is 7.87. The highest BCUT2D eigenvalue weighted by atomic mass is 16.2. The van der Waals surface area contributed by atoms with E-state index in [1.165, 1.54) is 0 Å². The first-order valence-corrected chi connectivity index (χ1v) is 9.79. The number of carbonyl (C=O) groups is 2. The smallest absolute Gasteiger partial charge is 0.287 e. The largest absolute Gasteiger partial charge is 0.348 e. The molecule has 0 saturated carbocycles. The maximum absolute atomic E-state index is 13.0. The molecule has 1 aromatic rings. The Labute approximate surface area is 155 Å². The van der Waals surface area contributed by atoms with E-state index in [0.29, 0.717) is 24.0 Å². The molecule has 0 atom stereocenters. The first kappa shape index (κ1) is 18.9. The summed E-state index contributed by atoms with van der Waals surface area (Å²) in [5, 5.41) is 2.93. The second kappa shape index (κ2) is 8.20. The van der Waals surface area contributed by atoms with E-state index in [4.69, 9.17) is 0 Å². The molecule has 0 bridgehead atoms. The zero-order valence-corrected chi connectivity index (χ0v) is 16.3. The molecule has 0 unspecified atom stereocenters. The Morgan fingerprint density at radius 3 is 2.62 bits per heavy atom. The fourth-order valence-electron chi connectivity index (χ4n) is 3.72. The maximum atomic E-state index is 13.0. The summed E-state index contributed by atoms with van der Waals surface area (Å²) in [7, 11) is 3.94. The van der Waals surface area contributed by atoms with Gasteiger partial charge in [0.25, 0.3) is 11.8 Å². The number of hydrogen-bond donors (Lipinski definition) is 1. The number of nitrogens with one attached hydrogen (secondary N) is 1. The first-order valence-electron chi connectivity index (χ1n) is 9.79. The molecule has 2 aliphatic heterocycles. The number of piperidine rings is 1. The summed E-state index contributed by atoms with van der Waals surface area (Å²) in [4.78, 5) is 34.1. The maximum Gasteiger partial charge on any atom is 0.287 e. The van der Waals surface area contributed by atoms with Crippen LogP contribution in [0.4, 0.5) is 0 Å². The van der Waals surface area contributed by atoms with E-state index in [1.807, 2.05) is 28.5 Å². The lowest BCUT2D eigenvalue weighted by Gasteiger charge is -2.30. The summed E-state index contributed by atoms with van der Waals surface area (Å²) in [6.07, 6.45) is 4.98. The molecule has 1 aromatic heterocycles. The average Bonchev–Trinajstić information content (AvgIpc) is 3.01. The number of fused-ring (bicyclic) bond motifs is 1. The molecule has 2 aliphatic rings. The lowest BCUT2D eigenvalue weighted by atomic mass is 9.98. The Kier molecular flexibility index (Phi) is 5.96. The molecule has 26 heavy (non-hydrogen) atoms. The van der Waals surface area contributed by atoms with Gasteiger partial charge in [-0.3, -0.25) is 9.59 Å². The van der Waals surface area contributed by atoms with Gasteiger partial charge in [-0.15, -0.1) is 0 Å². The van der Waals surface area contributed by atoms with Crippen molar-refractivity contribution in [2.75, 3.05) is 40.3 Å². The summed E-state index contributed by atoms with van der Waals surface area (Å²) in [6, 6.07) is 0. The molecule has 0 spiro atoms. The topological polar surface area (TPSA) is 70.5 Å². The van der Waals surface area contributed by atoms with Crippen LogP contribution >= 0.6 is 0 Å². The van der Waals surface area contributed by atoms with Crippen molar-refractivity contribution in [3.05, 3.63) is 17.2 Å². The number of carbonyl (C=O) groups excluding carboxylic acids is 2. The predicted molar refractivity (Wildman–Crippen MR) is 100 cm³/mol. The van der Waals surface area contributed by atoms with Crippen LogP contribution in [0.5, 0.6) is 0 Å². The van der Waals surface area contributed by atoms with Crippen LogP contribution in [-0.2, 0) is 13.0 Å². The van der Waals surface area contributed by atoms with Gasteiger partial charge in [-0.2, -0.15) is 0 Å². The molecule has 3 rings (SSSR count). The van der Waals surface area contributed by atoms with Crippen molar-refractivity contribution in [3.8, 4) is 0 Å². The Morgan fingerprint density at radius 2 is 1.92 bits per heavy atom. The molecule has 1 saturated heterocycles. The van der Waals surface area contributed by atoms with Gasteiger partial charge in [0, 0.05) is 32.7 Å². The van der Waals surface area contributed by atoms with Crippen molar-refractivity contribution < 1.29 is 9.59 Å². The predicted octanol–water partition coefficient (Wildman–Crippen LogP) is 1.38. The summed E-state index contributed by atoms with van der Waals surface area (Å²) >= 11 is 0. The quantitative estimate of drug-likeness (QED) is 0.860. The summed E-state index contributed by atoms with van der Waals surface area (Å²) in [5.74, 6) is 0.886. The number of amides is 2. The Morgan fingerprint density at radius 1 is 1.19 bits per heavy atom. The lowest BCUT2D eigenvalue weighted by Crippen LogP contribution is -2.38. The first-order chi connectivity index (χ1) is 12.5. The number of hydrogen-bond acceptors (Lipinski definition) is 4. The number of aromatic nitrogens is 2. The van der Waals surface area contributed by atoms with Crippen LogP contribution in [0.2, 0.25) is 0 Å². The molecule has 0 aromatic carbocycles. The summed E-state index contributed by atoms with van der Waals surface area (Å²) in [6.45, 7) is 5.92. The fourth-order valence-corrected chi connectivity index (χ4v) is 3.72. The van der Waals surface area contributed by atoms with E-state index < -0.39 is 0 Å². The minimum atomic E-state index is -0.179. The van der Waals surface area contributed by atoms with E-state index in [2.05, 4.69) is 17.2 Å². The van der Waals surface area contributed by atoms with Gasteiger partial charge < -0.3 is 19.7 Å². The van der Waals surface area contributed by atoms with Gasteiger partial charge in [-0.25, -0.2) is 4.98 Å². The highest BCUT2D eigenvalue weighted by Crippen LogP contribution is 2.24. The molecule has 7 heteroatoms. The van der Waals surface area contributed by atoms with Gasteiger partial charge in [0.2, 0.25) is 0 Å². The molecule has 2 amide bonds. The van der Waals surface area contributed by atoms with E-state index in [1.54, 1.807) is 0 Å². The van der Waals surface area contributed by atoms with Gasteiger partial charge in [0.15, 0.2) is 5.82 Å². The van der Waals surface area contributed by atoms with Crippen LogP contribution in [0.3, 0.4) is 0 Å². The average molecular weight is 361 g/mol. The highest BCUT2D eigenvalue weighted by Gasteiger charge is 2.31. The van der Waals surface area contributed by atoms with Crippen molar-refractivity contribution in [2.24, 2.45) is 5.92 Å². The SMILES string of the molecule is CC1CCN(C(=O)c2nc(C(=O)NCCN(C)C)n3c2CCCC3)CC1. The minimum Gasteiger partial charge on any atom is -0.348 e. The van der Waals surface area contributed by atoms with Crippen LogP contribution in [0.25, 0.3) is 0 Å². The van der Waals surface area contributed by atoms with E-state index in [0.717, 1.165) is 64.0 Å². The van der Waals surface area contributed by atoms with Crippen LogP contribution in [-0.4, -0.2) is 71.4 Å². The van der Waals surface area contributed by atoms with Crippen LogP contribution < -0.4 is 5.32 Å². The third kappa shape index (κ3) is 4.09. The van der Waals surface area contributed by atoms with Crippen molar-refractivity contribution in [1.82, 2.24) is 24.7 Å². The normalized spacial score (nSPS) is 18.1. The highest BCUT2D eigenvalue weighted by molar-refractivity contribution is 5.97. The number of rotatable bonds is 5. The molecule has 7 nitrogen and oxygen atoms in total. The van der Waals surface area contributed by atoms with E-state index >= 15 is 0 Å². The Balaban J connectivity index is 1.79. The lowest BCUT2D eigenvalue weighted by molar-refractivity contribution is 0.0690. The second-order valence-electron chi connectivity index (χ2n) is 7.87. The van der Waals surface area contributed by atoms with Crippen molar-refractivity contribution >= 4 is 11.8 Å². The molecule has 0 aliphatic carbocycles. The van der Waals surface area contributed by atoms with Crippen molar-refractivity contribution in [1.29, 1.82) is 0 Å². The zero-order chi connectivity index (χ0) is 18.7. The van der Waals surface area contributed by atoms with Gasteiger partial charge in [-0.05, 0) is 52.1 Å². The van der Waals surface area contributed by atoms with Gasteiger partial charge >= 0.3 is 0 Å². The number of nitrogens with zero attached hydrogens (tertiary/aromatic N) is 4. The number of imidazole rings is 1. The zero-order valence-electron chi connectivity index (χ0n) is 16.3. The van der Waals surface area contributed by atoms with Gasteiger partial charge in [0.1, 0.15) is 5.69 Å². The summed E-state index contributed by atoms with van der Waals surface area (Å²) < 4.78 is 1.97. The van der Waals surface area contributed by atoms with E-state index in [-0.39, 0.29) is 11.8 Å². The molecule has 144 valence electrons. The minimum absolute atomic E-state index is 0.00473. The van der Waals surface area contributed by atoms with Gasteiger partial charge in [-0.1, -0.05) is 6.92 Å². The molecular weight excluding hydrogens is 330 g/mol. The molecule has 1 fully saturated rings. The third-order valence-corrected chi connectivity index (χ3v) is 5.44. The number of likely N-dealkylation sites (tertiary alicyclic amines) is 1.